The summed E-state index contributed by atoms with van der Waals surface area (Å²) in [4.78, 5) is 15.0. The number of likely N-dealkylation sites (N-methyl/N-ethyl adjacent to an activating group) is 1. The van der Waals surface area contributed by atoms with Gasteiger partial charge in [-0.25, -0.2) is 0 Å². The van der Waals surface area contributed by atoms with Crippen molar-refractivity contribution < 1.29 is 14.3 Å². The van der Waals surface area contributed by atoms with Crippen LogP contribution in [-0.2, 0) is 14.3 Å². The van der Waals surface area contributed by atoms with E-state index >= 15 is 0 Å². The zero-order chi connectivity index (χ0) is 17.6. The smallest absolute Gasteiger partial charge is 0.243 e. The summed E-state index contributed by atoms with van der Waals surface area (Å²) in [6.45, 7) is 13.8. The third kappa shape index (κ3) is 2.61. The summed E-state index contributed by atoms with van der Waals surface area (Å²) >= 11 is 0. The molecule has 2 aliphatic carbocycles. The first-order chi connectivity index (χ1) is 10.5. The van der Waals surface area contributed by atoms with Crippen LogP contribution in [-0.4, -0.2) is 54.9 Å². The van der Waals surface area contributed by atoms with Gasteiger partial charge in [-0.2, -0.15) is 0 Å². The van der Waals surface area contributed by atoms with Gasteiger partial charge < -0.3 is 20.1 Å². The van der Waals surface area contributed by atoms with Crippen molar-refractivity contribution in [3.63, 3.8) is 0 Å². The standard InChI is InChI=1S/C18H34N2O3/c1-8-22-13-10-12(16(13,3)4)20(7)15(21)18(19)11-14(23-9-2)17(18,5)6/h12-14H,8-11,19H2,1-7H3. The summed E-state index contributed by atoms with van der Waals surface area (Å²) < 4.78 is 11.5. The van der Waals surface area contributed by atoms with Gasteiger partial charge in [0.15, 0.2) is 0 Å². The largest absolute Gasteiger partial charge is 0.378 e. The lowest BCUT2D eigenvalue weighted by Crippen LogP contribution is -2.77. The number of ether oxygens (including phenoxy) is 2. The van der Waals surface area contributed by atoms with Gasteiger partial charge in [0, 0.05) is 43.6 Å². The van der Waals surface area contributed by atoms with E-state index in [1.54, 1.807) is 0 Å². The van der Waals surface area contributed by atoms with Crippen molar-refractivity contribution in [2.75, 3.05) is 20.3 Å². The third-order valence-corrected chi connectivity index (χ3v) is 6.49. The highest BCUT2D eigenvalue weighted by Gasteiger charge is 2.65. The normalized spacial score (nSPS) is 37.7. The van der Waals surface area contributed by atoms with Crippen molar-refractivity contribution in [2.45, 2.75) is 78.2 Å². The number of carbonyl (C=O) groups excluding carboxylic acids is 1. The molecule has 0 aromatic carbocycles. The van der Waals surface area contributed by atoms with Gasteiger partial charge in [0.2, 0.25) is 5.91 Å². The van der Waals surface area contributed by atoms with E-state index in [4.69, 9.17) is 15.2 Å². The van der Waals surface area contributed by atoms with Gasteiger partial charge in [-0.3, -0.25) is 4.79 Å². The summed E-state index contributed by atoms with van der Waals surface area (Å²) in [6, 6.07) is 0.175. The third-order valence-electron chi connectivity index (χ3n) is 6.49. The molecule has 0 heterocycles. The molecule has 2 fully saturated rings. The summed E-state index contributed by atoms with van der Waals surface area (Å²) in [7, 11) is 1.88. The van der Waals surface area contributed by atoms with Gasteiger partial charge in [-0.05, 0) is 20.3 Å². The molecule has 4 unspecified atom stereocenters. The van der Waals surface area contributed by atoms with Crippen LogP contribution in [0.4, 0.5) is 0 Å². The number of hydrogen-bond donors (Lipinski definition) is 1. The first kappa shape index (κ1) is 18.7. The highest BCUT2D eigenvalue weighted by Crippen LogP contribution is 2.52. The van der Waals surface area contributed by atoms with Crippen molar-refractivity contribution in [1.29, 1.82) is 0 Å². The minimum absolute atomic E-state index is 0.0338. The van der Waals surface area contributed by atoms with Crippen LogP contribution in [0.3, 0.4) is 0 Å². The lowest BCUT2D eigenvalue weighted by atomic mass is 9.53. The van der Waals surface area contributed by atoms with Gasteiger partial charge in [0.05, 0.1) is 12.2 Å². The molecule has 134 valence electrons. The summed E-state index contributed by atoms with van der Waals surface area (Å²) in [5.41, 5.74) is 5.32. The molecule has 0 spiro atoms. The predicted octanol–water partition coefficient (Wildman–Crippen LogP) is 2.18. The number of rotatable bonds is 6. The van der Waals surface area contributed by atoms with Crippen molar-refractivity contribution >= 4 is 5.91 Å². The molecule has 4 atom stereocenters. The van der Waals surface area contributed by atoms with Crippen molar-refractivity contribution in [3.8, 4) is 0 Å². The molecule has 1 amide bonds. The Kier molecular flexibility index (Phi) is 4.88. The zero-order valence-electron chi connectivity index (χ0n) is 15.8. The summed E-state index contributed by atoms with van der Waals surface area (Å²) in [5.74, 6) is 0.0338. The molecule has 2 aliphatic rings. The van der Waals surface area contributed by atoms with Crippen LogP contribution >= 0.6 is 0 Å². The van der Waals surface area contributed by atoms with E-state index in [-0.39, 0.29) is 35.0 Å². The number of nitrogens with two attached hydrogens (primary N) is 1. The van der Waals surface area contributed by atoms with Gasteiger partial charge >= 0.3 is 0 Å². The van der Waals surface area contributed by atoms with E-state index in [9.17, 15) is 4.79 Å². The molecule has 0 bridgehead atoms. The Bertz CT molecular complexity index is 463. The molecule has 2 N–H and O–H groups in total. The Morgan fingerprint density at radius 3 is 2.09 bits per heavy atom. The lowest BCUT2D eigenvalue weighted by Gasteiger charge is -2.61. The molecule has 0 saturated heterocycles. The molecular weight excluding hydrogens is 292 g/mol. The van der Waals surface area contributed by atoms with E-state index in [1.807, 2.05) is 39.6 Å². The highest BCUT2D eigenvalue weighted by atomic mass is 16.5. The maximum Gasteiger partial charge on any atom is 0.243 e. The molecule has 2 saturated carbocycles. The number of nitrogens with zero attached hydrogens (tertiary/aromatic N) is 1. The SMILES string of the molecule is CCOC1CC(N(C)C(=O)C2(N)CC(OCC)C2(C)C)C1(C)C. The number of carbonyl (C=O) groups is 1. The second-order valence-electron chi connectivity index (χ2n) is 8.27. The molecule has 0 aliphatic heterocycles. The Morgan fingerprint density at radius 2 is 1.65 bits per heavy atom. The first-order valence-electron chi connectivity index (χ1n) is 8.83. The number of amides is 1. The fourth-order valence-electron chi connectivity index (χ4n) is 4.26. The maximum atomic E-state index is 13.1. The van der Waals surface area contributed by atoms with E-state index in [2.05, 4.69) is 13.8 Å². The molecule has 5 nitrogen and oxygen atoms in total. The first-order valence-corrected chi connectivity index (χ1v) is 8.83. The van der Waals surface area contributed by atoms with Crippen LogP contribution in [0.1, 0.15) is 54.4 Å². The Balaban J connectivity index is 2.07. The molecule has 0 aromatic heterocycles. The van der Waals surface area contributed by atoms with Gasteiger partial charge in [0.25, 0.3) is 0 Å². The van der Waals surface area contributed by atoms with Crippen LogP contribution in [0.2, 0.25) is 0 Å². The molecule has 2 rings (SSSR count). The van der Waals surface area contributed by atoms with E-state index < -0.39 is 5.54 Å². The van der Waals surface area contributed by atoms with E-state index in [0.717, 1.165) is 6.42 Å². The number of hydrogen-bond acceptors (Lipinski definition) is 4. The van der Waals surface area contributed by atoms with Gasteiger partial charge in [-0.1, -0.05) is 27.7 Å². The lowest BCUT2D eigenvalue weighted by molar-refractivity contribution is -0.194. The molecule has 5 heteroatoms. The zero-order valence-corrected chi connectivity index (χ0v) is 15.8. The second-order valence-corrected chi connectivity index (χ2v) is 8.27. The topological polar surface area (TPSA) is 64.8 Å². The Morgan fingerprint density at radius 1 is 1.13 bits per heavy atom. The minimum Gasteiger partial charge on any atom is -0.378 e. The Labute approximate surface area is 140 Å². The Hall–Kier alpha value is -0.650. The monoisotopic (exact) mass is 326 g/mol. The molecule has 0 radical (unpaired) electrons. The highest BCUT2D eigenvalue weighted by molar-refractivity contribution is 5.89. The minimum atomic E-state index is -0.839. The summed E-state index contributed by atoms with van der Waals surface area (Å²) in [6.07, 6.45) is 1.75. The molecule has 0 aromatic rings. The van der Waals surface area contributed by atoms with Gasteiger partial charge in [0.1, 0.15) is 5.54 Å². The summed E-state index contributed by atoms with van der Waals surface area (Å²) in [5, 5.41) is 0. The predicted molar refractivity (Wildman–Crippen MR) is 91.1 cm³/mol. The fraction of sp³-hybridized carbons (Fsp3) is 0.944. The molecule has 23 heavy (non-hydrogen) atoms. The second kappa shape index (κ2) is 6.01. The fourth-order valence-corrected chi connectivity index (χ4v) is 4.26. The van der Waals surface area contributed by atoms with Crippen LogP contribution < -0.4 is 5.73 Å². The van der Waals surface area contributed by atoms with Crippen molar-refractivity contribution in [3.05, 3.63) is 0 Å². The van der Waals surface area contributed by atoms with Crippen LogP contribution in [0, 0.1) is 10.8 Å². The van der Waals surface area contributed by atoms with Crippen LogP contribution in [0.25, 0.3) is 0 Å². The molecular formula is C18H34N2O3. The average Bonchev–Trinajstić information content (AvgIpc) is 2.49. The maximum absolute atomic E-state index is 13.1. The van der Waals surface area contributed by atoms with Crippen LogP contribution in [0.15, 0.2) is 0 Å². The van der Waals surface area contributed by atoms with Crippen molar-refractivity contribution in [1.82, 2.24) is 4.90 Å². The van der Waals surface area contributed by atoms with Crippen molar-refractivity contribution in [2.24, 2.45) is 16.6 Å². The van der Waals surface area contributed by atoms with Gasteiger partial charge in [-0.15, -0.1) is 0 Å². The van der Waals surface area contributed by atoms with E-state index in [1.165, 1.54) is 0 Å². The van der Waals surface area contributed by atoms with E-state index in [0.29, 0.717) is 19.6 Å². The quantitative estimate of drug-likeness (QED) is 0.812. The average molecular weight is 326 g/mol. The van der Waals surface area contributed by atoms with Crippen LogP contribution in [0.5, 0.6) is 0 Å².